The highest BCUT2D eigenvalue weighted by molar-refractivity contribution is 6.32. The van der Waals surface area contributed by atoms with Crippen molar-refractivity contribution < 1.29 is 9.47 Å². The lowest BCUT2D eigenvalue weighted by Crippen LogP contribution is -2.58. The minimum Gasteiger partial charge on any atom is -0.355 e. The van der Waals surface area contributed by atoms with Crippen molar-refractivity contribution in [2.75, 3.05) is 18.0 Å². The first kappa shape index (κ1) is 15.1. The van der Waals surface area contributed by atoms with E-state index >= 15 is 0 Å². The molecule has 1 aromatic heterocycles. The quantitative estimate of drug-likeness (QED) is 0.795. The third kappa shape index (κ3) is 2.89. The molecule has 0 bridgehead atoms. The zero-order chi connectivity index (χ0) is 15.0. The molecule has 2 fully saturated rings. The molecule has 116 valence electrons. The molecule has 1 spiro atoms. The molecule has 0 radical (unpaired) electrons. The van der Waals surface area contributed by atoms with Crippen LogP contribution in [0.15, 0.2) is 18.3 Å². The third-order valence-electron chi connectivity index (χ3n) is 4.48. The lowest BCUT2D eigenvalue weighted by molar-refractivity contribution is -0.337. The standard InChI is InChI=1S/C16H23ClN2O2/c1-11-10-19(15-14(17)5-4-7-18-15)8-6-16(11)20-12(2)9-13(3)21-16/h4-5,7,11-13H,6,8-10H2,1-3H3/t11-,12+,13+/m1/s1. The molecule has 5 heteroatoms. The van der Waals surface area contributed by atoms with Crippen LogP contribution >= 0.6 is 11.6 Å². The Bertz CT molecular complexity index is 501. The zero-order valence-corrected chi connectivity index (χ0v) is 13.6. The van der Waals surface area contributed by atoms with Crippen LogP contribution in [0.1, 0.15) is 33.6 Å². The zero-order valence-electron chi connectivity index (χ0n) is 12.9. The number of anilines is 1. The summed E-state index contributed by atoms with van der Waals surface area (Å²) in [4.78, 5) is 6.64. The number of rotatable bonds is 1. The van der Waals surface area contributed by atoms with Crippen LogP contribution < -0.4 is 4.90 Å². The number of piperidine rings is 1. The number of pyridine rings is 1. The molecule has 4 nitrogen and oxygen atoms in total. The molecule has 3 heterocycles. The molecular weight excluding hydrogens is 288 g/mol. The molecule has 0 aliphatic carbocycles. The number of nitrogens with zero attached hydrogens (tertiary/aromatic N) is 2. The van der Waals surface area contributed by atoms with Crippen molar-refractivity contribution in [3.63, 3.8) is 0 Å². The summed E-state index contributed by atoms with van der Waals surface area (Å²) >= 11 is 6.26. The summed E-state index contributed by atoms with van der Waals surface area (Å²) in [6.07, 6.45) is 4.09. The maximum absolute atomic E-state index is 6.26. The van der Waals surface area contributed by atoms with Gasteiger partial charge in [0.1, 0.15) is 5.82 Å². The second-order valence-electron chi connectivity index (χ2n) is 6.31. The van der Waals surface area contributed by atoms with Gasteiger partial charge in [-0.2, -0.15) is 0 Å². The molecule has 2 aliphatic rings. The van der Waals surface area contributed by atoms with E-state index in [4.69, 9.17) is 21.1 Å². The van der Waals surface area contributed by atoms with E-state index < -0.39 is 5.79 Å². The van der Waals surface area contributed by atoms with Gasteiger partial charge in [-0.1, -0.05) is 18.5 Å². The van der Waals surface area contributed by atoms with Gasteiger partial charge in [-0.15, -0.1) is 0 Å². The van der Waals surface area contributed by atoms with Crippen molar-refractivity contribution in [3.05, 3.63) is 23.4 Å². The van der Waals surface area contributed by atoms with Crippen molar-refractivity contribution >= 4 is 17.4 Å². The second kappa shape index (κ2) is 5.75. The van der Waals surface area contributed by atoms with Crippen LogP contribution in [0.2, 0.25) is 5.02 Å². The maximum Gasteiger partial charge on any atom is 0.174 e. The van der Waals surface area contributed by atoms with Gasteiger partial charge >= 0.3 is 0 Å². The molecule has 1 aromatic rings. The van der Waals surface area contributed by atoms with E-state index in [-0.39, 0.29) is 18.1 Å². The van der Waals surface area contributed by atoms with Crippen LogP contribution in [-0.4, -0.2) is 36.1 Å². The molecule has 0 N–H and O–H groups in total. The summed E-state index contributed by atoms with van der Waals surface area (Å²) in [7, 11) is 0. The van der Waals surface area contributed by atoms with Crippen LogP contribution in [-0.2, 0) is 9.47 Å². The Kier molecular flexibility index (Phi) is 4.12. The summed E-state index contributed by atoms with van der Waals surface area (Å²) in [6, 6.07) is 3.74. The highest BCUT2D eigenvalue weighted by Gasteiger charge is 2.47. The number of hydrogen-bond donors (Lipinski definition) is 0. The number of hydrogen-bond acceptors (Lipinski definition) is 4. The number of ether oxygens (including phenoxy) is 2. The third-order valence-corrected chi connectivity index (χ3v) is 4.77. The Hall–Kier alpha value is -0.840. The van der Waals surface area contributed by atoms with Crippen molar-refractivity contribution in [2.24, 2.45) is 5.92 Å². The minimum absolute atomic E-state index is 0.251. The molecule has 3 atom stereocenters. The van der Waals surface area contributed by atoms with Crippen LogP contribution in [0, 0.1) is 5.92 Å². The lowest BCUT2D eigenvalue weighted by Gasteiger charge is -2.51. The Balaban J connectivity index is 1.77. The predicted molar refractivity (Wildman–Crippen MR) is 83.7 cm³/mol. The largest absolute Gasteiger partial charge is 0.355 e. The number of aromatic nitrogens is 1. The van der Waals surface area contributed by atoms with Gasteiger partial charge in [0, 0.05) is 31.6 Å². The Morgan fingerprint density at radius 3 is 2.62 bits per heavy atom. The molecule has 3 rings (SSSR count). The fourth-order valence-corrected chi connectivity index (χ4v) is 3.76. The lowest BCUT2D eigenvalue weighted by atomic mass is 9.90. The van der Waals surface area contributed by atoms with Gasteiger partial charge in [0.2, 0.25) is 0 Å². The van der Waals surface area contributed by atoms with E-state index in [9.17, 15) is 0 Å². The van der Waals surface area contributed by atoms with E-state index in [1.807, 2.05) is 12.1 Å². The monoisotopic (exact) mass is 310 g/mol. The van der Waals surface area contributed by atoms with Gasteiger partial charge in [0.15, 0.2) is 5.79 Å². The first-order valence-corrected chi connectivity index (χ1v) is 8.09. The van der Waals surface area contributed by atoms with Crippen LogP contribution in [0.3, 0.4) is 0 Å². The molecule has 21 heavy (non-hydrogen) atoms. The molecule has 2 aliphatic heterocycles. The topological polar surface area (TPSA) is 34.6 Å². The van der Waals surface area contributed by atoms with Crippen LogP contribution in [0.4, 0.5) is 5.82 Å². The van der Waals surface area contributed by atoms with Gasteiger partial charge in [0.05, 0.1) is 17.2 Å². The Morgan fingerprint density at radius 2 is 2.00 bits per heavy atom. The second-order valence-corrected chi connectivity index (χ2v) is 6.72. The highest BCUT2D eigenvalue weighted by atomic mass is 35.5. The van der Waals surface area contributed by atoms with Gasteiger partial charge in [-0.3, -0.25) is 0 Å². The first-order chi connectivity index (χ1) is 10.00. The van der Waals surface area contributed by atoms with E-state index in [0.29, 0.717) is 5.02 Å². The van der Waals surface area contributed by atoms with Crippen molar-refractivity contribution in [1.29, 1.82) is 0 Å². The summed E-state index contributed by atoms with van der Waals surface area (Å²) in [5, 5.41) is 0.702. The minimum atomic E-state index is -0.450. The van der Waals surface area contributed by atoms with Crippen molar-refractivity contribution in [3.8, 4) is 0 Å². The molecule has 2 saturated heterocycles. The summed E-state index contributed by atoms with van der Waals surface area (Å²) in [5.41, 5.74) is 0. The average molecular weight is 311 g/mol. The van der Waals surface area contributed by atoms with Crippen molar-refractivity contribution in [2.45, 2.75) is 51.6 Å². The molecular formula is C16H23ClN2O2. The van der Waals surface area contributed by atoms with E-state index in [1.54, 1.807) is 6.20 Å². The normalized spacial score (nSPS) is 37.0. The smallest absolute Gasteiger partial charge is 0.174 e. The molecule has 0 saturated carbocycles. The van der Waals surface area contributed by atoms with E-state index in [1.165, 1.54) is 0 Å². The highest BCUT2D eigenvalue weighted by Crippen LogP contribution is 2.40. The fourth-order valence-electron chi connectivity index (χ4n) is 3.52. The maximum atomic E-state index is 6.26. The SMILES string of the molecule is C[C@@H]1CN(c2ncccc2Cl)CCC12O[C@@H](C)C[C@H](C)O2. The summed E-state index contributed by atoms with van der Waals surface area (Å²) in [5.74, 6) is 0.682. The van der Waals surface area contributed by atoms with Gasteiger partial charge < -0.3 is 14.4 Å². The predicted octanol–water partition coefficient (Wildman–Crippen LogP) is 3.49. The number of halogens is 1. The Morgan fingerprint density at radius 1 is 1.29 bits per heavy atom. The van der Waals surface area contributed by atoms with Crippen LogP contribution in [0.25, 0.3) is 0 Å². The fraction of sp³-hybridized carbons (Fsp3) is 0.688. The average Bonchev–Trinajstić information content (AvgIpc) is 2.42. The van der Waals surface area contributed by atoms with Gasteiger partial charge in [-0.05, 0) is 32.4 Å². The van der Waals surface area contributed by atoms with E-state index in [2.05, 4.69) is 30.7 Å². The van der Waals surface area contributed by atoms with Crippen molar-refractivity contribution in [1.82, 2.24) is 4.98 Å². The van der Waals surface area contributed by atoms with E-state index in [0.717, 1.165) is 31.7 Å². The summed E-state index contributed by atoms with van der Waals surface area (Å²) in [6.45, 7) is 8.15. The molecule has 0 aromatic carbocycles. The van der Waals surface area contributed by atoms with Gasteiger partial charge in [-0.25, -0.2) is 4.98 Å². The molecule has 0 amide bonds. The van der Waals surface area contributed by atoms with Crippen LogP contribution in [0.5, 0.6) is 0 Å². The summed E-state index contributed by atoms with van der Waals surface area (Å²) < 4.78 is 12.4. The molecule has 0 unspecified atom stereocenters. The first-order valence-electron chi connectivity index (χ1n) is 7.71. The Labute approximate surface area is 131 Å². The van der Waals surface area contributed by atoms with Gasteiger partial charge in [0.25, 0.3) is 0 Å².